The summed E-state index contributed by atoms with van der Waals surface area (Å²) >= 11 is 0. The van der Waals surface area contributed by atoms with Crippen LogP contribution in [0.2, 0.25) is 0 Å². The van der Waals surface area contributed by atoms with Crippen molar-refractivity contribution >= 4 is 5.82 Å². The topological polar surface area (TPSA) is 37.4 Å². The molecule has 0 radical (unpaired) electrons. The van der Waals surface area contributed by atoms with Crippen LogP contribution in [-0.4, -0.2) is 37.3 Å². The second-order valence-corrected chi connectivity index (χ2v) is 4.81. The van der Waals surface area contributed by atoms with Crippen LogP contribution in [0.1, 0.15) is 11.1 Å². The zero-order chi connectivity index (χ0) is 13.6. The molecule has 0 aromatic carbocycles. The lowest BCUT2D eigenvalue weighted by atomic mass is 10.1. The van der Waals surface area contributed by atoms with Crippen LogP contribution in [-0.2, 0) is 6.18 Å². The fourth-order valence-electron chi connectivity index (χ4n) is 2.60. The molecule has 1 atom stereocenters. The molecule has 0 aliphatic carbocycles. The molecule has 3 heterocycles. The zero-order valence-electron chi connectivity index (χ0n) is 10.4. The number of fused-ring (bicyclic) bond motifs is 3. The number of piperazine rings is 1. The van der Waals surface area contributed by atoms with E-state index in [1.165, 1.54) is 6.92 Å². The molecule has 2 aliphatic heterocycles. The number of pyridine rings is 1. The molecule has 1 fully saturated rings. The molecule has 7 heteroatoms. The van der Waals surface area contributed by atoms with Crippen molar-refractivity contribution in [3.63, 3.8) is 0 Å². The summed E-state index contributed by atoms with van der Waals surface area (Å²) in [6.45, 7) is 4.13. The summed E-state index contributed by atoms with van der Waals surface area (Å²) in [5.74, 6) is 0.802. The van der Waals surface area contributed by atoms with Crippen molar-refractivity contribution in [3.05, 3.63) is 17.3 Å². The number of ether oxygens (including phenoxy) is 1. The van der Waals surface area contributed by atoms with Crippen molar-refractivity contribution < 1.29 is 17.9 Å². The van der Waals surface area contributed by atoms with Gasteiger partial charge in [0.25, 0.3) is 0 Å². The first-order chi connectivity index (χ1) is 8.98. The Labute approximate surface area is 108 Å². The van der Waals surface area contributed by atoms with E-state index in [1.54, 1.807) is 0 Å². The first-order valence-electron chi connectivity index (χ1n) is 6.15. The summed E-state index contributed by atoms with van der Waals surface area (Å²) in [6, 6.07) is 0.143. The van der Waals surface area contributed by atoms with Crippen LogP contribution in [0.5, 0.6) is 5.75 Å². The smallest absolute Gasteiger partial charge is 0.418 e. The number of nitrogens with one attached hydrogen (secondary N) is 1. The van der Waals surface area contributed by atoms with Gasteiger partial charge in [-0.3, -0.25) is 0 Å². The summed E-state index contributed by atoms with van der Waals surface area (Å²) in [5.41, 5.74) is -0.602. The fraction of sp³-hybridized carbons (Fsp3) is 0.583. The summed E-state index contributed by atoms with van der Waals surface area (Å²) < 4.78 is 44.0. The summed E-state index contributed by atoms with van der Waals surface area (Å²) in [7, 11) is 0. The number of hydrogen-bond acceptors (Lipinski definition) is 4. The maximum absolute atomic E-state index is 12.8. The van der Waals surface area contributed by atoms with E-state index >= 15 is 0 Å². The summed E-state index contributed by atoms with van der Waals surface area (Å²) in [4.78, 5) is 6.01. The molecular weight excluding hydrogens is 259 g/mol. The lowest BCUT2D eigenvalue weighted by Crippen LogP contribution is -2.56. The van der Waals surface area contributed by atoms with Gasteiger partial charge in [0.15, 0.2) is 11.6 Å². The highest BCUT2D eigenvalue weighted by molar-refractivity contribution is 5.61. The average molecular weight is 273 g/mol. The number of nitrogens with zero attached hydrogens (tertiary/aromatic N) is 2. The third-order valence-corrected chi connectivity index (χ3v) is 3.61. The van der Waals surface area contributed by atoms with Crippen molar-refractivity contribution in [3.8, 4) is 5.75 Å². The Morgan fingerprint density at radius 2 is 2.26 bits per heavy atom. The first-order valence-corrected chi connectivity index (χ1v) is 6.15. The Bertz CT molecular complexity index is 504. The van der Waals surface area contributed by atoms with Gasteiger partial charge in [0.05, 0.1) is 11.6 Å². The summed E-state index contributed by atoms with van der Waals surface area (Å²) in [5, 5.41) is 3.24. The molecule has 4 nitrogen and oxygen atoms in total. The highest BCUT2D eigenvalue weighted by atomic mass is 19.4. The number of hydrogen-bond donors (Lipinski definition) is 1. The van der Waals surface area contributed by atoms with Gasteiger partial charge >= 0.3 is 6.18 Å². The highest BCUT2D eigenvalue weighted by Gasteiger charge is 2.38. The fourth-order valence-corrected chi connectivity index (χ4v) is 2.60. The second-order valence-electron chi connectivity index (χ2n) is 4.81. The normalized spacial score (nSPS) is 22.5. The SMILES string of the molecule is Cc1c(C(F)(F)F)cnc2c1OCC1CNCCN21. The number of anilines is 1. The van der Waals surface area contributed by atoms with Gasteiger partial charge in [0.1, 0.15) is 6.61 Å². The number of alkyl halides is 3. The van der Waals surface area contributed by atoms with Crippen molar-refractivity contribution in [1.82, 2.24) is 10.3 Å². The Hall–Kier alpha value is -1.50. The molecule has 1 unspecified atom stereocenters. The monoisotopic (exact) mass is 273 g/mol. The minimum Gasteiger partial charge on any atom is -0.487 e. The van der Waals surface area contributed by atoms with Gasteiger partial charge in [0, 0.05) is 31.4 Å². The molecule has 0 spiro atoms. The molecule has 104 valence electrons. The van der Waals surface area contributed by atoms with Gasteiger partial charge in [-0.25, -0.2) is 4.98 Å². The molecule has 1 aromatic heterocycles. The summed E-state index contributed by atoms with van der Waals surface area (Å²) in [6.07, 6.45) is -3.49. The van der Waals surface area contributed by atoms with Crippen molar-refractivity contribution in [2.45, 2.75) is 19.1 Å². The van der Waals surface area contributed by atoms with Crippen LogP contribution in [0.4, 0.5) is 19.0 Å². The van der Waals surface area contributed by atoms with Crippen LogP contribution in [0.3, 0.4) is 0 Å². The van der Waals surface area contributed by atoms with Crippen LogP contribution in [0.15, 0.2) is 6.20 Å². The maximum Gasteiger partial charge on any atom is 0.418 e. The van der Waals surface area contributed by atoms with Gasteiger partial charge in [-0.1, -0.05) is 0 Å². The molecule has 0 amide bonds. The average Bonchev–Trinajstić information content (AvgIpc) is 2.37. The van der Waals surface area contributed by atoms with E-state index in [2.05, 4.69) is 10.3 Å². The Balaban J connectivity index is 2.05. The van der Waals surface area contributed by atoms with E-state index in [9.17, 15) is 13.2 Å². The predicted octanol–water partition coefficient (Wildman–Crippen LogP) is 1.58. The maximum atomic E-state index is 12.8. The van der Waals surface area contributed by atoms with Crippen molar-refractivity contribution in [2.75, 3.05) is 31.1 Å². The van der Waals surface area contributed by atoms with E-state index in [-0.39, 0.29) is 17.4 Å². The third kappa shape index (κ3) is 2.01. The first kappa shape index (κ1) is 12.5. The lowest BCUT2D eigenvalue weighted by Gasteiger charge is -2.41. The van der Waals surface area contributed by atoms with Gasteiger partial charge in [-0.15, -0.1) is 0 Å². The Morgan fingerprint density at radius 1 is 1.47 bits per heavy atom. The molecule has 1 saturated heterocycles. The van der Waals surface area contributed by atoms with Crippen LogP contribution in [0.25, 0.3) is 0 Å². The minimum absolute atomic E-state index is 0.120. The largest absolute Gasteiger partial charge is 0.487 e. The van der Waals surface area contributed by atoms with E-state index in [0.717, 1.165) is 25.8 Å². The van der Waals surface area contributed by atoms with Gasteiger partial charge in [0.2, 0.25) is 0 Å². The molecule has 1 aromatic rings. The molecular formula is C12H14F3N3O. The van der Waals surface area contributed by atoms with E-state index in [1.807, 2.05) is 4.90 Å². The molecule has 19 heavy (non-hydrogen) atoms. The molecule has 0 saturated carbocycles. The van der Waals surface area contributed by atoms with Crippen molar-refractivity contribution in [1.29, 1.82) is 0 Å². The van der Waals surface area contributed by atoms with Crippen LogP contribution >= 0.6 is 0 Å². The standard InChI is InChI=1S/C12H14F3N3O/c1-7-9(12(13,14)15)5-17-11-10(7)19-6-8-4-16-2-3-18(8)11/h5,8,16H,2-4,6H2,1H3. The third-order valence-electron chi connectivity index (χ3n) is 3.61. The number of rotatable bonds is 0. The van der Waals surface area contributed by atoms with Gasteiger partial charge < -0.3 is 15.0 Å². The van der Waals surface area contributed by atoms with Gasteiger partial charge in [-0.05, 0) is 6.92 Å². The lowest BCUT2D eigenvalue weighted by molar-refractivity contribution is -0.138. The van der Waals surface area contributed by atoms with Crippen molar-refractivity contribution in [2.24, 2.45) is 0 Å². The minimum atomic E-state index is -4.39. The quantitative estimate of drug-likeness (QED) is 0.779. The zero-order valence-corrected chi connectivity index (χ0v) is 10.4. The number of halogens is 3. The van der Waals surface area contributed by atoms with Gasteiger partial charge in [-0.2, -0.15) is 13.2 Å². The molecule has 1 N–H and O–H groups in total. The second kappa shape index (κ2) is 4.26. The highest BCUT2D eigenvalue weighted by Crippen LogP contribution is 2.41. The molecule has 3 rings (SSSR count). The van der Waals surface area contributed by atoms with E-state index < -0.39 is 11.7 Å². The molecule has 2 aliphatic rings. The van der Waals surface area contributed by atoms with Crippen LogP contribution < -0.4 is 15.0 Å². The number of aromatic nitrogens is 1. The molecule has 0 bridgehead atoms. The van der Waals surface area contributed by atoms with E-state index in [0.29, 0.717) is 12.4 Å². The van der Waals surface area contributed by atoms with Crippen LogP contribution in [0, 0.1) is 6.92 Å². The Kier molecular flexibility index (Phi) is 2.81. The van der Waals surface area contributed by atoms with E-state index in [4.69, 9.17) is 4.74 Å². The predicted molar refractivity (Wildman–Crippen MR) is 63.5 cm³/mol. The Morgan fingerprint density at radius 3 is 3.00 bits per heavy atom.